The van der Waals surface area contributed by atoms with Gasteiger partial charge in [0, 0.05) is 27.9 Å². The lowest BCUT2D eigenvalue weighted by Gasteiger charge is -2.40. The highest BCUT2D eigenvalue weighted by atomic mass is 16.2. The molecular formula is C24H27N2O3+. The lowest BCUT2D eigenvalue weighted by atomic mass is 9.84. The SMILES string of the molecule is C[C@@H](C(=O)Nc1ccc2c(c1)C(=O)c1ccccc1C2=O)[N+](C)(C)C1CCCC1. The number of anilines is 1. The van der Waals surface area contributed by atoms with Gasteiger partial charge < -0.3 is 9.80 Å². The lowest BCUT2D eigenvalue weighted by molar-refractivity contribution is -0.927. The zero-order chi connectivity index (χ0) is 20.8. The molecule has 2 aliphatic carbocycles. The van der Waals surface area contributed by atoms with Crippen molar-refractivity contribution in [2.45, 2.75) is 44.7 Å². The third-order valence-corrected chi connectivity index (χ3v) is 6.84. The summed E-state index contributed by atoms with van der Waals surface area (Å²) in [6.07, 6.45) is 4.76. The van der Waals surface area contributed by atoms with Gasteiger partial charge in [0.05, 0.1) is 20.1 Å². The van der Waals surface area contributed by atoms with Crippen LogP contribution < -0.4 is 5.32 Å². The smallest absolute Gasteiger partial charge is 0.282 e. The minimum Gasteiger partial charge on any atom is -0.321 e. The Morgan fingerprint density at radius 1 is 0.931 bits per heavy atom. The maximum Gasteiger partial charge on any atom is 0.282 e. The van der Waals surface area contributed by atoms with E-state index in [-0.39, 0.29) is 23.5 Å². The van der Waals surface area contributed by atoms with Crippen molar-refractivity contribution < 1.29 is 18.9 Å². The fourth-order valence-electron chi connectivity index (χ4n) is 4.61. The Morgan fingerprint density at radius 3 is 2.10 bits per heavy atom. The van der Waals surface area contributed by atoms with Gasteiger partial charge in [0.1, 0.15) is 0 Å². The van der Waals surface area contributed by atoms with Gasteiger partial charge in [0.2, 0.25) is 0 Å². The highest BCUT2D eigenvalue weighted by molar-refractivity contribution is 6.28. The minimum absolute atomic E-state index is 0.0724. The second-order valence-corrected chi connectivity index (χ2v) is 8.70. The number of carbonyl (C=O) groups excluding carboxylic acids is 3. The fraction of sp³-hybridized carbons (Fsp3) is 0.375. The number of fused-ring (bicyclic) bond motifs is 2. The molecule has 5 nitrogen and oxygen atoms in total. The largest absolute Gasteiger partial charge is 0.321 e. The van der Waals surface area contributed by atoms with Gasteiger partial charge in [-0.3, -0.25) is 14.4 Å². The van der Waals surface area contributed by atoms with Crippen molar-refractivity contribution in [1.29, 1.82) is 0 Å². The summed E-state index contributed by atoms with van der Waals surface area (Å²) < 4.78 is 0.654. The van der Waals surface area contributed by atoms with Crippen LogP contribution in [-0.4, -0.2) is 48.1 Å². The van der Waals surface area contributed by atoms with Gasteiger partial charge in [0.15, 0.2) is 17.6 Å². The summed E-state index contributed by atoms with van der Waals surface area (Å²) in [6.45, 7) is 1.96. The monoisotopic (exact) mass is 391 g/mol. The maximum absolute atomic E-state index is 12.9. The van der Waals surface area contributed by atoms with Crippen molar-refractivity contribution in [3.63, 3.8) is 0 Å². The van der Waals surface area contributed by atoms with Crippen LogP contribution in [0.3, 0.4) is 0 Å². The van der Waals surface area contributed by atoms with Crippen LogP contribution in [0.1, 0.15) is 64.4 Å². The van der Waals surface area contributed by atoms with E-state index in [0.717, 1.165) is 12.8 Å². The summed E-state index contributed by atoms with van der Waals surface area (Å²) >= 11 is 0. The molecular weight excluding hydrogens is 364 g/mol. The quantitative estimate of drug-likeness (QED) is 0.688. The number of hydrogen-bond donors (Lipinski definition) is 1. The fourth-order valence-corrected chi connectivity index (χ4v) is 4.61. The molecule has 1 fully saturated rings. The molecule has 150 valence electrons. The number of nitrogens with one attached hydrogen (secondary N) is 1. The molecule has 1 saturated carbocycles. The highest BCUT2D eigenvalue weighted by Gasteiger charge is 2.39. The molecule has 0 heterocycles. The normalized spacial score (nSPS) is 17.6. The van der Waals surface area contributed by atoms with Crippen LogP contribution >= 0.6 is 0 Å². The molecule has 2 aromatic carbocycles. The van der Waals surface area contributed by atoms with Gasteiger partial charge in [-0.05, 0) is 50.8 Å². The van der Waals surface area contributed by atoms with Crippen LogP contribution in [-0.2, 0) is 4.79 Å². The maximum atomic E-state index is 12.9. The van der Waals surface area contributed by atoms with Crippen molar-refractivity contribution in [2.24, 2.45) is 0 Å². The number of likely N-dealkylation sites (N-methyl/N-ethyl adjacent to an activating group) is 1. The number of benzene rings is 2. The number of rotatable bonds is 4. The molecule has 2 aromatic rings. The number of quaternary nitrogens is 1. The Kier molecular flexibility index (Phi) is 4.87. The number of nitrogens with zero attached hydrogens (tertiary/aromatic N) is 1. The molecule has 0 saturated heterocycles. The second-order valence-electron chi connectivity index (χ2n) is 8.70. The van der Waals surface area contributed by atoms with E-state index in [2.05, 4.69) is 19.4 Å². The summed E-state index contributed by atoms with van der Waals surface area (Å²) in [4.78, 5) is 38.6. The van der Waals surface area contributed by atoms with E-state index in [4.69, 9.17) is 0 Å². The number of carbonyl (C=O) groups is 3. The van der Waals surface area contributed by atoms with Crippen LogP contribution in [0.4, 0.5) is 5.69 Å². The Morgan fingerprint density at radius 2 is 1.48 bits per heavy atom. The molecule has 1 N–H and O–H groups in total. The summed E-state index contributed by atoms with van der Waals surface area (Å²) in [6, 6.07) is 12.1. The van der Waals surface area contributed by atoms with Crippen LogP contribution in [0, 0.1) is 0 Å². The van der Waals surface area contributed by atoms with E-state index in [0.29, 0.717) is 38.5 Å². The average Bonchev–Trinajstić information content (AvgIpc) is 3.27. The Bertz CT molecular complexity index is 1000. The van der Waals surface area contributed by atoms with E-state index in [1.807, 2.05) is 6.92 Å². The molecule has 1 atom stereocenters. The van der Waals surface area contributed by atoms with Crippen molar-refractivity contribution in [3.8, 4) is 0 Å². The topological polar surface area (TPSA) is 63.2 Å². The third-order valence-electron chi connectivity index (χ3n) is 6.84. The molecule has 4 rings (SSSR count). The average molecular weight is 391 g/mol. The second kappa shape index (κ2) is 7.23. The zero-order valence-corrected chi connectivity index (χ0v) is 17.2. The first kappa shape index (κ1) is 19.5. The van der Waals surface area contributed by atoms with Gasteiger partial charge in [-0.25, -0.2) is 0 Å². The third kappa shape index (κ3) is 3.29. The molecule has 1 amide bonds. The van der Waals surface area contributed by atoms with E-state index in [1.54, 1.807) is 42.5 Å². The van der Waals surface area contributed by atoms with E-state index in [9.17, 15) is 14.4 Å². The summed E-state index contributed by atoms with van der Waals surface area (Å²) in [5.74, 6) is -0.404. The minimum atomic E-state index is -0.216. The summed E-state index contributed by atoms with van der Waals surface area (Å²) in [5, 5.41) is 2.96. The molecule has 0 aromatic heterocycles. The first-order valence-corrected chi connectivity index (χ1v) is 10.3. The first-order chi connectivity index (χ1) is 13.8. The number of ketones is 2. The van der Waals surface area contributed by atoms with Gasteiger partial charge in [-0.15, -0.1) is 0 Å². The predicted octanol–water partition coefficient (Wildman–Crippen LogP) is 3.81. The van der Waals surface area contributed by atoms with Crippen LogP contribution in [0.5, 0.6) is 0 Å². The Hall–Kier alpha value is -2.79. The van der Waals surface area contributed by atoms with Crippen LogP contribution in [0.2, 0.25) is 0 Å². The van der Waals surface area contributed by atoms with E-state index >= 15 is 0 Å². The lowest BCUT2D eigenvalue weighted by Crippen LogP contribution is -2.58. The molecule has 0 radical (unpaired) electrons. The van der Waals surface area contributed by atoms with Gasteiger partial charge in [-0.1, -0.05) is 24.3 Å². The molecule has 0 spiro atoms. The van der Waals surface area contributed by atoms with Crippen LogP contribution in [0.15, 0.2) is 42.5 Å². The van der Waals surface area contributed by atoms with Gasteiger partial charge in [-0.2, -0.15) is 0 Å². The number of hydrogen-bond acceptors (Lipinski definition) is 3. The molecule has 2 aliphatic rings. The van der Waals surface area contributed by atoms with Crippen molar-refractivity contribution in [2.75, 3.05) is 19.4 Å². The molecule has 0 aliphatic heterocycles. The van der Waals surface area contributed by atoms with Gasteiger partial charge >= 0.3 is 0 Å². The molecule has 29 heavy (non-hydrogen) atoms. The van der Waals surface area contributed by atoms with E-state index < -0.39 is 0 Å². The van der Waals surface area contributed by atoms with Gasteiger partial charge in [0.25, 0.3) is 5.91 Å². The van der Waals surface area contributed by atoms with Crippen molar-refractivity contribution in [1.82, 2.24) is 0 Å². The summed E-state index contributed by atoms with van der Waals surface area (Å²) in [7, 11) is 4.23. The standard InChI is InChI=1S/C24H26N2O3/c1-15(26(2,3)17-8-4-5-9-17)24(29)25-16-12-13-20-21(14-16)23(28)19-11-7-6-10-18(19)22(20)27/h6-7,10-15,17H,4-5,8-9H2,1-3H3/p+1/t15-/m0/s1. The first-order valence-electron chi connectivity index (χ1n) is 10.3. The molecule has 5 heteroatoms. The Labute approximate surface area is 171 Å². The summed E-state index contributed by atoms with van der Waals surface area (Å²) in [5.41, 5.74) is 2.14. The molecule has 0 bridgehead atoms. The van der Waals surface area contributed by atoms with Crippen molar-refractivity contribution in [3.05, 3.63) is 64.7 Å². The van der Waals surface area contributed by atoms with Crippen LogP contribution in [0.25, 0.3) is 0 Å². The number of amides is 1. The predicted molar refractivity (Wildman–Crippen MR) is 112 cm³/mol. The van der Waals surface area contributed by atoms with E-state index in [1.165, 1.54) is 12.8 Å². The molecule has 0 unspecified atom stereocenters. The zero-order valence-electron chi connectivity index (χ0n) is 17.2. The highest BCUT2D eigenvalue weighted by Crippen LogP contribution is 2.31. The van der Waals surface area contributed by atoms with Crippen molar-refractivity contribution >= 4 is 23.2 Å². The Balaban J connectivity index is 1.57.